The highest BCUT2D eigenvalue weighted by Gasteiger charge is 2.18. The SMILES string of the molecule is O=CNc1cc([N+](=O)[O-])cc2c(Nc3ccccc3)c3ccccc3nc12. The zero-order valence-corrected chi connectivity index (χ0v) is 14.0. The molecule has 3 aromatic carbocycles. The second kappa shape index (κ2) is 6.72. The summed E-state index contributed by atoms with van der Waals surface area (Å²) in [7, 11) is 0. The number of nitrogens with one attached hydrogen (secondary N) is 2. The summed E-state index contributed by atoms with van der Waals surface area (Å²) < 4.78 is 0. The highest BCUT2D eigenvalue weighted by atomic mass is 16.6. The van der Waals surface area contributed by atoms with E-state index in [4.69, 9.17) is 0 Å². The summed E-state index contributed by atoms with van der Waals surface area (Å²) in [5, 5.41) is 18.6. The molecule has 0 unspecified atom stereocenters. The third kappa shape index (κ3) is 3.02. The van der Waals surface area contributed by atoms with Crippen molar-refractivity contribution in [2.24, 2.45) is 0 Å². The molecule has 7 heteroatoms. The summed E-state index contributed by atoms with van der Waals surface area (Å²) >= 11 is 0. The number of nitro benzene ring substituents is 1. The molecule has 0 aliphatic carbocycles. The first-order chi connectivity index (χ1) is 13.2. The fourth-order valence-corrected chi connectivity index (χ4v) is 3.06. The van der Waals surface area contributed by atoms with Gasteiger partial charge >= 0.3 is 0 Å². The van der Waals surface area contributed by atoms with Crippen LogP contribution in [0.4, 0.5) is 22.7 Å². The molecule has 2 N–H and O–H groups in total. The second-order valence-electron chi connectivity index (χ2n) is 5.90. The van der Waals surface area contributed by atoms with Crippen molar-refractivity contribution in [3.05, 3.63) is 76.8 Å². The Balaban J connectivity index is 2.09. The maximum atomic E-state index is 11.4. The Morgan fingerprint density at radius 2 is 1.70 bits per heavy atom. The Bertz CT molecular complexity index is 1180. The standard InChI is InChI=1S/C20H14N4O3/c25-12-21-18-11-14(24(26)27)10-16-19(22-13-6-2-1-3-7-13)15-8-4-5-9-17(15)23-20(16)18/h1-12H,(H,21,25)(H,22,23). The minimum Gasteiger partial charge on any atom is -0.354 e. The van der Waals surface area contributed by atoms with E-state index in [1.54, 1.807) is 0 Å². The molecule has 0 radical (unpaired) electrons. The minimum absolute atomic E-state index is 0.125. The molecule has 0 atom stereocenters. The van der Waals surface area contributed by atoms with Gasteiger partial charge < -0.3 is 10.6 Å². The zero-order valence-electron chi connectivity index (χ0n) is 14.0. The second-order valence-corrected chi connectivity index (χ2v) is 5.90. The van der Waals surface area contributed by atoms with Crippen molar-refractivity contribution in [3.63, 3.8) is 0 Å². The molecule has 0 aliphatic heterocycles. The minimum atomic E-state index is -0.489. The molecule has 1 heterocycles. The molecule has 1 amide bonds. The van der Waals surface area contributed by atoms with Crippen molar-refractivity contribution >= 4 is 51.0 Å². The molecule has 1 aromatic heterocycles. The number of anilines is 3. The van der Waals surface area contributed by atoms with Gasteiger partial charge in [0.2, 0.25) is 6.41 Å². The van der Waals surface area contributed by atoms with Crippen molar-refractivity contribution in [1.82, 2.24) is 4.98 Å². The van der Waals surface area contributed by atoms with Crippen molar-refractivity contribution in [1.29, 1.82) is 0 Å². The van der Waals surface area contributed by atoms with Crippen molar-refractivity contribution in [2.75, 3.05) is 10.6 Å². The number of rotatable bonds is 5. The molecule has 4 aromatic rings. The molecule has 0 bridgehead atoms. The number of non-ortho nitro benzene ring substituents is 1. The highest BCUT2D eigenvalue weighted by molar-refractivity contribution is 6.13. The van der Waals surface area contributed by atoms with Crippen molar-refractivity contribution in [2.45, 2.75) is 0 Å². The lowest BCUT2D eigenvalue weighted by Gasteiger charge is -2.15. The van der Waals surface area contributed by atoms with Crippen LogP contribution in [0.25, 0.3) is 21.8 Å². The van der Waals surface area contributed by atoms with Gasteiger partial charge in [-0.05, 0) is 18.2 Å². The number of carbonyl (C=O) groups excluding carboxylic acids is 1. The number of hydrogen-bond acceptors (Lipinski definition) is 5. The maximum absolute atomic E-state index is 11.4. The van der Waals surface area contributed by atoms with Crippen molar-refractivity contribution in [3.8, 4) is 0 Å². The lowest BCUT2D eigenvalue weighted by molar-refractivity contribution is -0.384. The number of aromatic nitrogens is 1. The van der Waals surface area contributed by atoms with Crippen LogP contribution in [-0.2, 0) is 4.79 Å². The van der Waals surface area contributed by atoms with Crippen LogP contribution in [0.15, 0.2) is 66.7 Å². The van der Waals surface area contributed by atoms with Gasteiger partial charge in [0.05, 0.1) is 27.3 Å². The molecule has 4 rings (SSSR count). The molecule has 27 heavy (non-hydrogen) atoms. The topological polar surface area (TPSA) is 97.2 Å². The van der Waals surface area contributed by atoms with Crippen LogP contribution in [0, 0.1) is 10.1 Å². The quantitative estimate of drug-likeness (QED) is 0.235. The normalized spacial score (nSPS) is 10.7. The highest BCUT2D eigenvalue weighted by Crippen LogP contribution is 2.38. The number of pyridine rings is 1. The Labute approximate surface area is 153 Å². The lowest BCUT2D eigenvalue weighted by atomic mass is 10.1. The monoisotopic (exact) mass is 358 g/mol. The van der Waals surface area contributed by atoms with Gasteiger partial charge in [-0.3, -0.25) is 14.9 Å². The molecule has 0 saturated carbocycles. The smallest absolute Gasteiger partial charge is 0.272 e. The van der Waals surface area contributed by atoms with E-state index in [9.17, 15) is 14.9 Å². The molecular formula is C20H14N4O3. The number of fused-ring (bicyclic) bond motifs is 2. The van der Waals surface area contributed by atoms with Crippen LogP contribution < -0.4 is 10.6 Å². The Morgan fingerprint density at radius 1 is 0.963 bits per heavy atom. The van der Waals surface area contributed by atoms with Gasteiger partial charge in [0, 0.05) is 28.6 Å². The van der Waals surface area contributed by atoms with Crippen molar-refractivity contribution < 1.29 is 9.72 Å². The summed E-state index contributed by atoms with van der Waals surface area (Å²) in [6, 6.07) is 19.8. The van der Waals surface area contributed by atoms with Gasteiger partial charge in [-0.15, -0.1) is 0 Å². The van der Waals surface area contributed by atoms with E-state index in [-0.39, 0.29) is 11.4 Å². The number of amides is 1. The van der Waals surface area contributed by atoms with Gasteiger partial charge in [-0.1, -0.05) is 36.4 Å². The predicted molar refractivity (Wildman–Crippen MR) is 105 cm³/mol. The van der Waals surface area contributed by atoms with E-state index in [1.165, 1.54) is 12.1 Å². The van der Waals surface area contributed by atoms with Crippen LogP contribution in [0.1, 0.15) is 0 Å². The molecule has 132 valence electrons. The number of carbonyl (C=O) groups is 1. The first-order valence-corrected chi connectivity index (χ1v) is 8.20. The van der Waals surface area contributed by atoms with E-state index in [0.717, 1.165) is 11.1 Å². The van der Waals surface area contributed by atoms with Crippen LogP contribution >= 0.6 is 0 Å². The first kappa shape index (κ1) is 16.5. The number of benzene rings is 3. The van der Waals surface area contributed by atoms with Crippen LogP contribution in [0.2, 0.25) is 0 Å². The summed E-state index contributed by atoms with van der Waals surface area (Å²) in [5.74, 6) is 0. The Morgan fingerprint density at radius 3 is 2.44 bits per heavy atom. The fourth-order valence-electron chi connectivity index (χ4n) is 3.06. The fraction of sp³-hybridized carbons (Fsp3) is 0. The first-order valence-electron chi connectivity index (χ1n) is 8.20. The molecule has 0 fully saturated rings. The van der Waals surface area contributed by atoms with E-state index < -0.39 is 4.92 Å². The largest absolute Gasteiger partial charge is 0.354 e. The number of hydrogen-bond donors (Lipinski definition) is 2. The number of nitro groups is 1. The van der Waals surface area contributed by atoms with Crippen LogP contribution in [0.5, 0.6) is 0 Å². The van der Waals surface area contributed by atoms with E-state index >= 15 is 0 Å². The third-order valence-electron chi connectivity index (χ3n) is 4.24. The zero-order chi connectivity index (χ0) is 18.8. The van der Waals surface area contributed by atoms with E-state index in [0.29, 0.717) is 28.5 Å². The van der Waals surface area contributed by atoms with Gasteiger partial charge in [-0.2, -0.15) is 0 Å². The van der Waals surface area contributed by atoms with Gasteiger partial charge in [0.1, 0.15) is 0 Å². The molecule has 0 spiro atoms. The van der Waals surface area contributed by atoms with Gasteiger partial charge in [0.25, 0.3) is 5.69 Å². The number of nitrogens with zero attached hydrogens (tertiary/aromatic N) is 2. The average molecular weight is 358 g/mol. The van der Waals surface area contributed by atoms with Crippen LogP contribution in [0.3, 0.4) is 0 Å². The maximum Gasteiger partial charge on any atom is 0.272 e. The summed E-state index contributed by atoms with van der Waals surface area (Å²) in [4.78, 5) is 26.5. The predicted octanol–water partition coefficient (Wildman–Crippen LogP) is 4.61. The summed E-state index contributed by atoms with van der Waals surface area (Å²) in [6.45, 7) is 0. The molecule has 0 saturated heterocycles. The van der Waals surface area contributed by atoms with Crippen LogP contribution in [-0.4, -0.2) is 16.3 Å². The summed E-state index contributed by atoms with van der Waals surface area (Å²) in [5.41, 5.74) is 2.89. The molecule has 0 aliphatic rings. The summed E-state index contributed by atoms with van der Waals surface area (Å²) in [6.07, 6.45) is 0.486. The van der Waals surface area contributed by atoms with E-state index in [1.807, 2.05) is 54.6 Å². The third-order valence-corrected chi connectivity index (χ3v) is 4.24. The Hall–Kier alpha value is -4.00. The van der Waals surface area contributed by atoms with Gasteiger partial charge in [0.15, 0.2) is 0 Å². The Kier molecular flexibility index (Phi) is 4.10. The number of para-hydroxylation sites is 2. The lowest BCUT2D eigenvalue weighted by Crippen LogP contribution is -2.01. The molecule has 7 nitrogen and oxygen atoms in total. The molecular weight excluding hydrogens is 344 g/mol. The average Bonchev–Trinajstić information content (AvgIpc) is 2.69. The van der Waals surface area contributed by atoms with E-state index in [2.05, 4.69) is 15.6 Å². The van der Waals surface area contributed by atoms with Gasteiger partial charge in [-0.25, -0.2) is 4.98 Å².